The summed E-state index contributed by atoms with van der Waals surface area (Å²) in [6, 6.07) is 7.06. The van der Waals surface area contributed by atoms with Crippen molar-refractivity contribution in [3.63, 3.8) is 0 Å². The fraction of sp³-hybridized carbons (Fsp3) is 0.562. The Kier molecular flexibility index (Phi) is 6.17. The average molecular weight is 315 g/mol. The molecule has 2 N–H and O–H groups in total. The minimum absolute atomic E-state index is 0. The number of nitrogens with one attached hydrogen (secondary N) is 2. The van der Waals surface area contributed by atoms with Gasteiger partial charge >= 0.3 is 0 Å². The maximum absolute atomic E-state index is 13.9. The Morgan fingerprint density at radius 3 is 2.67 bits per heavy atom. The van der Waals surface area contributed by atoms with Crippen LogP contribution in [0, 0.1) is 5.82 Å². The molecular weight excluding hydrogens is 291 g/mol. The Morgan fingerprint density at radius 1 is 1.38 bits per heavy atom. The Bertz CT molecular complexity index is 493. The van der Waals surface area contributed by atoms with Gasteiger partial charge in [0.05, 0.1) is 5.41 Å². The molecule has 5 heteroatoms. The van der Waals surface area contributed by atoms with Crippen molar-refractivity contribution < 1.29 is 9.18 Å². The Balaban J connectivity index is 0.00000220. The summed E-state index contributed by atoms with van der Waals surface area (Å²) in [5.41, 5.74) is -0.418. The highest BCUT2D eigenvalue weighted by molar-refractivity contribution is 5.87. The van der Waals surface area contributed by atoms with Gasteiger partial charge in [-0.25, -0.2) is 4.39 Å². The van der Waals surface area contributed by atoms with Crippen molar-refractivity contribution in [1.82, 2.24) is 10.6 Å². The van der Waals surface area contributed by atoms with Crippen LogP contribution in [0.5, 0.6) is 0 Å². The van der Waals surface area contributed by atoms with E-state index in [1.165, 1.54) is 6.07 Å². The predicted octanol–water partition coefficient (Wildman–Crippen LogP) is 2.78. The van der Waals surface area contributed by atoms with E-state index >= 15 is 0 Å². The number of halogens is 2. The maximum atomic E-state index is 13.9. The van der Waals surface area contributed by atoms with Crippen molar-refractivity contribution in [1.29, 1.82) is 0 Å². The van der Waals surface area contributed by atoms with Gasteiger partial charge in [0.15, 0.2) is 0 Å². The molecule has 0 aliphatic carbocycles. The van der Waals surface area contributed by atoms with E-state index in [4.69, 9.17) is 0 Å². The fourth-order valence-corrected chi connectivity index (χ4v) is 2.72. The second kappa shape index (κ2) is 7.23. The van der Waals surface area contributed by atoms with E-state index in [1.54, 1.807) is 32.0 Å². The van der Waals surface area contributed by atoms with E-state index in [-0.39, 0.29) is 30.2 Å². The zero-order chi connectivity index (χ0) is 14.8. The molecule has 0 bridgehead atoms. The molecule has 1 fully saturated rings. The first-order valence-corrected chi connectivity index (χ1v) is 7.20. The third kappa shape index (κ3) is 4.17. The van der Waals surface area contributed by atoms with Gasteiger partial charge in [0.2, 0.25) is 5.91 Å². The molecule has 0 radical (unpaired) electrons. The number of rotatable bonds is 3. The summed E-state index contributed by atoms with van der Waals surface area (Å²) in [6.45, 7) is 6.56. The number of piperidine rings is 1. The normalized spacial score (nSPS) is 22.3. The Morgan fingerprint density at radius 2 is 2.05 bits per heavy atom. The van der Waals surface area contributed by atoms with E-state index in [2.05, 4.69) is 17.6 Å². The van der Waals surface area contributed by atoms with Crippen molar-refractivity contribution in [2.45, 2.75) is 51.1 Å². The summed E-state index contributed by atoms with van der Waals surface area (Å²) >= 11 is 0. The predicted molar refractivity (Wildman–Crippen MR) is 85.3 cm³/mol. The van der Waals surface area contributed by atoms with Gasteiger partial charge < -0.3 is 10.6 Å². The van der Waals surface area contributed by atoms with Gasteiger partial charge in [0, 0.05) is 17.6 Å². The highest BCUT2D eigenvalue weighted by atomic mass is 35.5. The average Bonchev–Trinajstić information content (AvgIpc) is 2.39. The van der Waals surface area contributed by atoms with Gasteiger partial charge in [-0.2, -0.15) is 0 Å². The van der Waals surface area contributed by atoms with E-state index in [9.17, 15) is 9.18 Å². The molecule has 1 aromatic rings. The van der Waals surface area contributed by atoms with Crippen LogP contribution >= 0.6 is 12.4 Å². The van der Waals surface area contributed by atoms with Crippen molar-refractivity contribution in [2.24, 2.45) is 0 Å². The number of carbonyl (C=O) groups excluding carboxylic acids is 1. The third-order valence-corrected chi connectivity index (χ3v) is 4.07. The molecule has 1 aliphatic heterocycles. The fourth-order valence-electron chi connectivity index (χ4n) is 2.72. The van der Waals surface area contributed by atoms with Crippen LogP contribution in [0.25, 0.3) is 0 Å². The lowest BCUT2D eigenvalue weighted by Crippen LogP contribution is -2.51. The van der Waals surface area contributed by atoms with E-state index < -0.39 is 5.41 Å². The Labute approximate surface area is 132 Å². The quantitative estimate of drug-likeness (QED) is 0.901. The number of carbonyl (C=O) groups is 1. The molecule has 1 saturated heterocycles. The standard InChI is InChI=1S/C16H23FN2O.ClH/c1-11-10-12(8-9-18-11)19-15(20)16(2,3)13-6-4-5-7-14(13)17;/h4-7,11-12,18H,8-10H2,1-3H3,(H,19,20);1H. The molecular formula is C16H24ClFN2O. The van der Waals surface area contributed by atoms with Crippen LogP contribution < -0.4 is 10.6 Å². The number of hydrogen-bond acceptors (Lipinski definition) is 2. The molecule has 0 spiro atoms. The van der Waals surface area contributed by atoms with E-state index in [0.717, 1.165) is 19.4 Å². The van der Waals surface area contributed by atoms with Gasteiger partial charge in [-0.1, -0.05) is 18.2 Å². The molecule has 0 aromatic heterocycles. The maximum Gasteiger partial charge on any atom is 0.230 e. The van der Waals surface area contributed by atoms with Crippen LogP contribution in [-0.4, -0.2) is 24.5 Å². The monoisotopic (exact) mass is 314 g/mol. The second-order valence-electron chi connectivity index (χ2n) is 6.15. The molecule has 2 unspecified atom stereocenters. The minimum atomic E-state index is -0.862. The van der Waals surface area contributed by atoms with E-state index in [0.29, 0.717) is 11.6 Å². The first kappa shape index (κ1) is 17.9. The van der Waals surface area contributed by atoms with Crippen molar-refractivity contribution in [2.75, 3.05) is 6.54 Å². The lowest BCUT2D eigenvalue weighted by atomic mass is 9.82. The molecule has 118 valence electrons. The molecule has 0 saturated carbocycles. The van der Waals surface area contributed by atoms with Gasteiger partial charge in [0.25, 0.3) is 0 Å². The second-order valence-corrected chi connectivity index (χ2v) is 6.15. The molecule has 1 aromatic carbocycles. The summed E-state index contributed by atoms with van der Waals surface area (Å²) < 4.78 is 13.9. The van der Waals surface area contributed by atoms with Crippen molar-refractivity contribution >= 4 is 18.3 Å². The third-order valence-electron chi connectivity index (χ3n) is 4.07. The zero-order valence-electron chi connectivity index (χ0n) is 12.8. The molecule has 2 atom stereocenters. The summed E-state index contributed by atoms with van der Waals surface area (Å²) in [6.07, 6.45) is 1.84. The van der Waals surface area contributed by atoms with Crippen molar-refractivity contribution in [3.05, 3.63) is 35.6 Å². The lowest BCUT2D eigenvalue weighted by Gasteiger charge is -2.32. The largest absolute Gasteiger partial charge is 0.353 e. The smallest absolute Gasteiger partial charge is 0.230 e. The summed E-state index contributed by atoms with van der Waals surface area (Å²) in [7, 11) is 0. The highest BCUT2D eigenvalue weighted by Crippen LogP contribution is 2.26. The SMILES string of the molecule is CC1CC(NC(=O)C(C)(C)c2ccccc2F)CCN1.Cl. The molecule has 3 nitrogen and oxygen atoms in total. The first-order valence-electron chi connectivity index (χ1n) is 7.20. The zero-order valence-corrected chi connectivity index (χ0v) is 13.6. The van der Waals surface area contributed by atoms with Crippen LogP contribution in [0.15, 0.2) is 24.3 Å². The Hall–Kier alpha value is -1.13. The van der Waals surface area contributed by atoms with Crippen LogP contribution in [0.3, 0.4) is 0 Å². The van der Waals surface area contributed by atoms with E-state index in [1.807, 2.05) is 0 Å². The molecule has 1 amide bonds. The molecule has 2 rings (SSSR count). The summed E-state index contributed by atoms with van der Waals surface area (Å²) in [5, 5.41) is 6.42. The lowest BCUT2D eigenvalue weighted by molar-refractivity contribution is -0.126. The molecule has 21 heavy (non-hydrogen) atoms. The summed E-state index contributed by atoms with van der Waals surface area (Å²) in [4.78, 5) is 12.5. The van der Waals surface area contributed by atoms with Crippen LogP contribution in [-0.2, 0) is 10.2 Å². The van der Waals surface area contributed by atoms with Gasteiger partial charge in [-0.15, -0.1) is 12.4 Å². The molecule has 1 heterocycles. The highest BCUT2D eigenvalue weighted by Gasteiger charge is 2.34. The van der Waals surface area contributed by atoms with Gasteiger partial charge in [0.1, 0.15) is 5.82 Å². The van der Waals surface area contributed by atoms with Gasteiger partial charge in [-0.05, 0) is 46.2 Å². The van der Waals surface area contributed by atoms with Crippen LogP contribution in [0.2, 0.25) is 0 Å². The number of hydrogen-bond donors (Lipinski definition) is 2. The molecule has 1 aliphatic rings. The summed E-state index contributed by atoms with van der Waals surface area (Å²) in [5.74, 6) is -0.437. The topological polar surface area (TPSA) is 41.1 Å². The van der Waals surface area contributed by atoms with Gasteiger partial charge in [-0.3, -0.25) is 4.79 Å². The number of benzene rings is 1. The number of amides is 1. The van der Waals surface area contributed by atoms with Crippen LogP contribution in [0.4, 0.5) is 4.39 Å². The first-order chi connectivity index (χ1) is 9.41. The van der Waals surface area contributed by atoms with Crippen LogP contribution in [0.1, 0.15) is 39.2 Å². The van der Waals surface area contributed by atoms with Crippen molar-refractivity contribution in [3.8, 4) is 0 Å². The minimum Gasteiger partial charge on any atom is -0.353 e.